The minimum atomic E-state index is 0.235. The van der Waals surface area contributed by atoms with Crippen molar-refractivity contribution < 1.29 is 0 Å². The van der Waals surface area contributed by atoms with E-state index in [1.807, 2.05) is 0 Å². The largest absolute Gasteiger partial charge is 0.0930 e. The fraction of sp³-hybridized carbons (Fsp3) is 1.00. The van der Waals surface area contributed by atoms with Gasteiger partial charge in [0.15, 0.2) is 0 Å². The van der Waals surface area contributed by atoms with Gasteiger partial charge in [-0.05, 0) is 79.4 Å². The van der Waals surface area contributed by atoms with Crippen molar-refractivity contribution in [2.75, 3.05) is 12.3 Å². The molecule has 2 aliphatic rings. The van der Waals surface area contributed by atoms with Gasteiger partial charge in [-0.3, -0.25) is 0 Å². The van der Waals surface area contributed by atoms with Crippen LogP contribution in [0.15, 0.2) is 0 Å². The van der Waals surface area contributed by atoms with E-state index in [2.05, 4.69) is 34.6 Å². The topological polar surface area (TPSA) is 0 Å². The fourth-order valence-corrected chi connectivity index (χ4v) is 17.9. The predicted octanol–water partition coefficient (Wildman–Crippen LogP) is 11.7. The zero-order valence-electron chi connectivity index (χ0n) is 23.0. The maximum atomic E-state index is 2.82. The highest BCUT2D eigenvalue weighted by molar-refractivity contribution is 7.77. The summed E-state index contributed by atoms with van der Waals surface area (Å²) in [6.45, 7) is 12.4. The van der Waals surface area contributed by atoms with Gasteiger partial charge >= 0.3 is 0 Å². The molecule has 2 fully saturated rings. The van der Waals surface area contributed by atoms with Gasteiger partial charge in [0.25, 0.3) is 0 Å². The Balaban J connectivity index is 2.20. The molecule has 2 aliphatic heterocycles. The zero-order valence-corrected chi connectivity index (χ0v) is 24.8. The lowest BCUT2D eigenvalue weighted by molar-refractivity contribution is 0.430. The predicted molar refractivity (Wildman–Crippen MR) is 154 cm³/mol. The molecule has 0 aliphatic carbocycles. The van der Waals surface area contributed by atoms with Gasteiger partial charge in [0, 0.05) is 0 Å². The quantitative estimate of drug-likeness (QED) is 0.135. The van der Waals surface area contributed by atoms with Gasteiger partial charge in [-0.25, -0.2) is 0 Å². The van der Waals surface area contributed by atoms with Crippen molar-refractivity contribution in [3.8, 4) is 0 Å². The molecule has 32 heavy (non-hydrogen) atoms. The molecular formula is C30H60P2. The number of unbranched alkanes of at least 4 members (excludes halogenated alkanes) is 8. The van der Waals surface area contributed by atoms with Gasteiger partial charge in [0.05, 0.1) is 0 Å². The van der Waals surface area contributed by atoms with Crippen molar-refractivity contribution in [1.82, 2.24) is 0 Å². The Labute approximate surface area is 206 Å². The molecule has 0 aromatic rings. The van der Waals surface area contributed by atoms with Crippen LogP contribution >= 0.6 is 15.8 Å². The van der Waals surface area contributed by atoms with E-state index in [9.17, 15) is 0 Å². The average Bonchev–Trinajstić information content (AvgIpc) is 3.39. The monoisotopic (exact) mass is 482 g/mol. The summed E-state index contributed by atoms with van der Waals surface area (Å²) in [4.78, 5) is 0. The van der Waals surface area contributed by atoms with Crippen LogP contribution in [0.2, 0.25) is 0 Å². The molecule has 2 saturated heterocycles. The smallest absolute Gasteiger partial charge is 0.00242 e. The highest BCUT2D eigenvalue weighted by Gasteiger charge is 2.51. The summed E-state index contributed by atoms with van der Waals surface area (Å²) in [5.74, 6) is 0. The Bertz CT molecular complexity index is 411. The molecule has 0 aromatic heterocycles. The summed E-state index contributed by atoms with van der Waals surface area (Å²) in [6.07, 6.45) is 33.5. The van der Waals surface area contributed by atoms with E-state index >= 15 is 0 Å². The van der Waals surface area contributed by atoms with Crippen molar-refractivity contribution in [1.29, 1.82) is 0 Å². The van der Waals surface area contributed by atoms with Crippen molar-refractivity contribution in [3.63, 3.8) is 0 Å². The third-order valence-electron chi connectivity index (χ3n) is 9.19. The van der Waals surface area contributed by atoms with Gasteiger partial charge in [-0.2, -0.15) is 0 Å². The van der Waals surface area contributed by atoms with Crippen LogP contribution in [0.4, 0.5) is 0 Å². The zero-order chi connectivity index (χ0) is 23.3. The van der Waals surface area contributed by atoms with Gasteiger partial charge in [0.2, 0.25) is 0 Å². The first-order chi connectivity index (χ1) is 15.6. The van der Waals surface area contributed by atoms with Crippen LogP contribution in [0.1, 0.15) is 163 Å². The normalized spacial score (nSPS) is 25.4. The van der Waals surface area contributed by atoms with Crippen molar-refractivity contribution in [2.45, 2.75) is 179 Å². The molecule has 0 aromatic carbocycles. The van der Waals surface area contributed by atoms with Crippen molar-refractivity contribution >= 4 is 15.8 Å². The van der Waals surface area contributed by atoms with Crippen LogP contribution in [-0.2, 0) is 0 Å². The highest BCUT2D eigenvalue weighted by Crippen LogP contribution is 2.77. The highest BCUT2D eigenvalue weighted by atomic mass is 31.2. The summed E-state index contributed by atoms with van der Waals surface area (Å²) in [7, 11) is 0.470. The first kappa shape index (κ1) is 29.1. The van der Waals surface area contributed by atoms with E-state index in [-0.39, 0.29) is 15.8 Å². The molecule has 2 atom stereocenters. The Morgan fingerprint density at radius 1 is 0.531 bits per heavy atom. The molecule has 0 N–H and O–H groups in total. The molecule has 2 unspecified atom stereocenters. The third-order valence-corrected chi connectivity index (χ3v) is 18.0. The maximum absolute atomic E-state index is 2.82. The molecule has 0 bridgehead atoms. The van der Waals surface area contributed by atoms with Crippen LogP contribution in [0.5, 0.6) is 0 Å². The second kappa shape index (κ2) is 15.8. The molecule has 0 amide bonds. The summed E-state index contributed by atoms with van der Waals surface area (Å²) in [6, 6.07) is 0. The first-order valence-electron chi connectivity index (χ1n) is 15.1. The lowest BCUT2D eigenvalue weighted by atomic mass is 9.90. The number of rotatable bonds is 18. The lowest BCUT2D eigenvalue weighted by Gasteiger charge is -2.47. The Kier molecular flexibility index (Phi) is 14.3. The molecule has 0 spiro atoms. The van der Waals surface area contributed by atoms with Gasteiger partial charge in [-0.15, -0.1) is 0 Å². The van der Waals surface area contributed by atoms with Crippen LogP contribution in [0.25, 0.3) is 0 Å². The van der Waals surface area contributed by atoms with Gasteiger partial charge < -0.3 is 0 Å². The van der Waals surface area contributed by atoms with Crippen molar-refractivity contribution in [3.05, 3.63) is 0 Å². The number of hydrogen-bond acceptors (Lipinski definition) is 0. The first-order valence-corrected chi connectivity index (χ1v) is 18.3. The SMILES string of the molecule is CCCCCC1(CCCCC)CCCP1C(C)P1CCCC1(CCCCC)CCCCC. The molecule has 2 heteroatoms. The molecule has 0 saturated carbocycles. The summed E-state index contributed by atoms with van der Waals surface area (Å²) >= 11 is 0. The van der Waals surface area contributed by atoms with Crippen LogP contribution < -0.4 is 0 Å². The second-order valence-corrected chi connectivity index (χ2v) is 18.1. The molecule has 0 radical (unpaired) electrons. The Morgan fingerprint density at radius 3 is 1.12 bits per heavy atom. The van der Waals surface area contributed by atoms with E-state index in [1.54, 1.807) is 63.7 Å². The summed E-state index contributed by atoms with van der Waals surface area (Å²) < 4.78 is 0. The van der Waals surface area contributed by atoms with E-state index in [0.717, 1.165) is 15.7 Å². The van der Waals surface area contributed by atoms with Crippen LogP contribution in [0, 0.1) is 0 Å². The molecule has 2 rings (SSSR count). The van der Waals surface area contributed by atoms with Crippen LogP contribution in [0.3, 0.4) is 0 Å². The maximum Gasteiger partial charge on any atom is -0.00242 e. The summed E-state index contributed by atoms with van der Waals surface area (Å²) in [5.41, 5.74) is 0. The molecule has 0 nitrogen and oxygen atoms in total. The average molecular weight is 483 g/mol. The summed E-state index contributed by atoms with van der Waals surface area (Å²) in [5, 5.41) is 2.65. The van der Waals surface area contributed by atoms with Gasteiger partial charge in [0.1, 0.15) is 0 Å². The Hall–Kier alpha value is 0.860. The minimum Gasteiger partial charge on any atom is -0.0930 e. The fourth-order valence-electron chi connectivity index (χ4n) is 7.39. The van der Waals surface area contributed by atoms with Crippen molar-refractivity contribution in [2.24, 2.45) is 0 Å². The lowest BCUT2D eigenvalue weighted by Crippen LogP contribution is -2.31. The molecular weight excluding hydrogens is 422 g/mol. The van der Waals surface area contributed by atoms with E-state index in [4.69, 9.17) is 0 Å². The second-order valence-electron chi connectivity index (χ2n) is 11.5. The minimum absolute atomic E-state index is 0.235. The number of hydrogen-bond donors (Lipinski definition) is 0. The third kappa shape index (κ3) is 7.94. The van der Waals surface area contributed by atoms with E-state index < -0.39 is 0 Å². The van der Waals surface area contributed by atoms with E-state index in [1.165, 1.54) is 77.0 Å². The van der Waals surface area contributed by atoms with Gasteiger partial charge in [-0.1, -0.05) is 128 Å². The standard InChI is InChI=1S/C30H60P2/c1-6-10-14-20-29(21-15-11-7-2)24-18-26-31(29)28(5)32-27-19-25-30(32,22-16-12-8-3)23-17-13-9-4/h28H,6-27H2,1-5H3. The Morgan fingerprint density at radius 2 is 0.844 bits per heavy atom. The molecule has 2 heterocycles. The van der Waals surface area contributed by atoms with Crippen LogP contribution in [-0.4, -0.2) is 28.0 Å². The van der Waals surface area contributed by atoms with E-state index in [0.29, 0.717) is 0 Å². The molecule has 190 valence electrons.